The number of halogens is 1. The lowest BCUT2D eigenvalue weighted by Gasteiger charge is -2.16. The molecule has 0 aliphatic carbocycles. The Kier molecular flexibility index (Phi) is 5.25. The number of alkyl halides is 1. The lowest BCUT2D eigenvalue weighted by Crippen LogP contribution is -2.34. The Labute approximate surface area is 162 Å². The van der Waals surface area contributed by atoms with E-state index in [9.17, 15) is 9.18 Å². The fourth-order valence-corrected chi connectivity index (χ4v) is 3.35. The summed E-state index contributed by atoms with van der Waals surface area (Å²) in [5.74, 6) is 1.09. The summed E-state index contributed by atoms with van der Waals surface area (Å²) >= 11 is 0. The van der Waals surface area contributed by atoms with Gasteiger partial charge in [0.2, 0.25) is 0 Å². The van der Waals surface area contributed by atoms with Gasteiger partial charge in [-0.25, -0.2) is 9.37 Å². The highest BCUT2D eigenvalue weighted by Crippen LogP contribution is 2.20. The van der Waals surface area contributed by atoms with Gasteiger partial charge < -0.3 is 18.9 Å². The van der Waals surface area contributed by atoms with Gasteiger partial charge in [-0.15, -0.1) is 0 Å². The topological polar surface area (TPSA) is 56.6 Å². The lowest BCUT2D eigenvalue weighted by molar-refractivity contribution is -0.132. The van der Waals surface area contributed by atoms with E-state index < -0.39 is 12.3 Å². The van der Waals surface area contributed by atoms with Crippen LogP contribution in [0.2, 0.25) is 0 Å². The first-order valence-corrected chi connectivity index (χ1v) is 9.23. The van der Waals surface area contributed by atoms with Crippen LogP contribution in [0.4, 0.5) is 4.39 Å². The highest BCUT2D eigenvalue weighted by Gasteiger charge is 2.36. The standard InChI is InChI=1S/C21H22FN3O3/c1-24-18-10-6-5-9-17(18)23-20(24)13-28-19-12-25(11-16(19)22)21(26)14-27-15-7-3-2-4-8-15/h2-10,16,19H,11-14H2,1H3. The summed E-state index contributed by atoms with van der Waals surface area (Å²) in [5, 5.41) is 0. The Morgan fingerprint density at radius 2 is 1.89 bits per heavy atom. The molecule has 0 spiro atoms. The molecule has 0 saturated carbocycles. The van der Waals surface area contributed by atoms with Gasteiger partial charge in [0.1, 0.15) is 30.5 Å². The van der Waals surface area contributed by atoms with Gasteiger partial charge in [-0.2, -0.15) is 0 Å². The number of para-hydroxylation sites is 3. The highest BCUT2D eigenvalue weighted by molar-refractivity contribution is 5.78. The molecule has 1 aromatic heterocycles. The molecule has 1 amide bonds. The van der Waals surface area contributed by atoms with Crippen LogP contribution in [0.15, 0.2) is 54.6 Å². The molecule has 7 heteroatoms. The number of carbonyl (C=O) groups is 1. The molecule has 28 heavy (non-hydrogen) atoms. The summed E-state index contributed by atoms with van der Waals surface area (Å²) < 4.78 is 27.5. The molecular formula is C21H22FN3O3. The van der Waals surface area contributed by atoms with Gasteiger partial charge in [-0.05, 0) is 24.3 Å². The first-order valence-electron chi connectivity index (χ1n) is 9.23. The molecule has 3 aromatic rings. The smallest absolute Gasteiger partial charge is 0.260 e. The highest BCUT2D eigenvalue weighted by atomic mass is 19.1. The van der Waals surface area contributed by atoms with Crippen LogP contribution >= 0.6 is 0 Å². The normalized spacial score (nSPS) is 19.3. The molecule has 2 heterocycles. The Hall–Kier alpha value is -2.93. The van der Waals surface area contributed by atoms with Gasteiger partial charge in [0.15, 0.2) is 6.61 Å². The largest absolute Gasteiger partial charge is 0.484 e. The van der Waals surface area contributed by atoms with Crippen LogP contribution in [0.3, 0.4) is 0 Å². The van der Waals surface area contributed by atoms with Crippen molar-refractivity contribution in [1.82, 2.24) is 14.5 Å². The van der Waals surface area contributed by atoms with Gasteiger partial charge in [0.05, 0.1) is 24.1 Å². The Bertz CT molecular complexity index is 960. The number of ether oxygens (including phenoxy) is 2. The van der Waals surface area contributed by atoms with E-state index in [0.29, 0.717) is 5.75 Å². The number of hydrogen-bond donors (Lipinski definition) is 0. The van der Waals surface area contributed by atoms with E-state index >= 15 is 0 Å². The minimum absolute atomic E-state index is 0.0180. The van der Waals surface area contributed by atoms with Crippen molar-refractivity contribution in [1.29, 1.82) is 0 Å². The summed E-state index contributed by atoms with van der Waals surface area (Å²) in [6, 6.07) is 16.9. The molecule has 2 atom stereocenters. The summed E-state index contributed by atoms with van der Waals surface area (Å²) in [7, 11) is 1.91. The quantitative estimate of drug-likeness (QED) is 0.657. The Morgan fingerprint density at radius 3 is 2.68 bits per heavy atom. The molecular weight excluding hydrogens is 361 g/mol. The number of aryl methyl sites for hydroxylation is 1. The molecule has 1 aliphatic heterocycles. The van der Waals surface area contributed by atoms with E-state index in [2.05, 4.69) is 4.98 Å². The van der Waals surface area contributed by atoms with Gasteiger partial charge in [0.25, 0.3) is 5.91 Å². The molecule has 1 saturated heterocycles. The number of benzene rings is 2. The SMILES string of the molecule is Cn1c(COC2CN(C(=O)COc3ccccc3)CC2F)nc2ccccc21. The second-order valence-electron chi connectivity index (χ2n) is 6.84. The number of carbonyl (C=O) groups excluding carboxylic acids is 1. The van der Waals surface area contributed by atoms with Gasteiger partial charge in [-0.1, -0.05) is 30.3 Å². The molecule has 146 valence electrons. The summed E-state index contributed by atoms with van der Waals surface area (Å²) in [6.07, 6.45) is -1.89. The predicted molar refractivity (Wildman–Crippen MR) is 103 cm³/mol. The van der Waals surface area contributed by atoms with Crippen LogP contribution in [0.5, 0.6) is 5.75 Å². The molecule has 2 aromatic carbocycles. The number of hydrogen-bond acceptors (Lipinski definition) is 4. The molecule has 1 aliphatic rings. The number of rotatable bonds is 6. The molecule has 0 N–H and O–H groups in total. The van der Waals surface area contributed by atoms with Crippen molar-refractivity contribution in [3.8, 4) is 5.75 Å². The van der Waals surface area contributed by atoms with Crippen molar-refractivity contribution in [2.75, 3.05) is 19.7 Å². The molecule has 1 fully saturated rings. The fourth-order valence-electron chi connectivity index (χ4n) is 3.35. The van der Waals surface area contributed by atoms with E-state index in [0.717, 1.165) is 16.9 Å². The zero-order valence-electron chi connectivity index (χ0n) is 15.6. The first kappa shape index (κ1) is 18.4. The van der Waals surface area contributed by atoms with Gasteiger partial charge >= 0.3 is 0 Å². The second-order valence-corrected chi connectivity index (χ2v) is 6.84. The minimum Gasteiger partial charge on any atom is -0.484 e. The molecule has 6 nitrogen and oxygen atoms in total. The number of imidazole rings is 1. The monoisotopic (exact) mass is 383 g/mol. The summed E-state index contributed by atoms with van der Waals surface area (Å²) in [5.41, 5.74) is 1.88. The van der Waals surface area contributed by atoms with Crippen LogP contribution in [0.25, 0.3) is 11.0 Å². The molecule has 4 rings (SSSR count). The molecule has 0 bridgehead atoms. The third kappa shape index (κ3) is 3.84. The minimum atomic E-state index is -1.23. The van der Waals surface area contributed by atoms with Gasteiger partial charge in [-0.3, -0.25) is 4.79 Å². The molecule has 2 unspecified atom stereocenters. The van der Waals surface area contributed by atoms with Crippen LogP contribution in [0, 0.1) is 0 Å². The van der Waals surface area contributed by atoms with Crippen molar-refractivity contribution in [2.24, 2.45) is 7.05 Å². The fraction of sp³-hybridized carbons (Fsp3) is 0.333. The van der Waals surface area contributed by atoms with E-state index in [1.54, 1.807) is 12.1 Å². The van der Waals surface area contributed by atoms with Crippen molar-refractivity contribution in [2.45, 2.75) is 18.9 Å². The number of likely N-dealkylation sites (tertiary alicyclic amines) is 1. The average molecular weight is 383 g/mol. The maximum absolute atomic E-state index is 14.4. The third-order valence-electron chi connectivity index (χ3n) is 4.96. The van der Waals surface area contributed by atoms with E-state index in [1.165, 1.54) is 4.90 Å². The maximum atomic E-state index is 14.4. The van der Waals surface area contributed by atoms with Crippen molar-refractivity contribution >= 4 is 16.9 Å². The van der Waals surface area contributed by atoms with Crippen molar-refractivity contribution < 1.29 is 18.7 Å². The zero-order chi connectivity index (χ0) is 19.5. The van der Waals surface area contributed by atoms with Gasteiger partial charge in [0, 0.05) is 7.05 Å². The predicted octanol–water partition coefficient (Wildman–Crippen LogP) is 2.72. The Morgan fingerprint density at radius 1 is 1.14 bits per heavy atom. The Balaban J connectivity index is 1.32. The number of nitrogens with zero attached hydrogens (tertiary/aromatic N) is 3. The number of amides is 1. The third-order valence-corrected chi connectivity index (χ3v) is 4.96. The van der Waals surface area contributed by atoms with Crippen LogP contribution in [0.1, 0.15) is 5.82 Å². The van der Waals surface area contributed by atoms with E-state index in [1.807, 2.05) is 54.1 Å². The number of aromatic nitrogens is 2. The zero-order valence-corrected chi connectivity index (χ0v) is 15.6. The van der Waals surface area contributed by atoms with Crippen LogP contribution in [-0.2, 0) is 23.2 Å². The summed E-state index contributed by atoms with van der Waals surface area (Å²) in [4.78, 5) is 18.3. The van der Waals surface area contributed by atoms with Crippen molar-refractivity contribution in [3.05, 3.63) is 60.4 Å². The molecule has 0 radical (unpaired) electrons. The maximum Gasteiger partial charge on any atom is 0.260 e. The van der Waals surface area contributed by atoms with Crippen LogP contribution < -0.4 is 4.74 Å². The lowest BCUT2D eigenvalue weighted by atomic mass is 10.3. The second kappa shape index (κ2) is 7.98. The van der Waals surface area contributed by atoms with Crippen LogP contribution in [-0.4, -0.2) is 52.3 Å². The number of fused-ring (bicyclic) bond motifs is 1. The van der Waals surface area contributed by atoms with Crippen molar-refractivity contribution in [3.63, 3.8) is 0 Å². The average Bonchev–Trinajstić information content (AvgIpc) is 3.25. The first-order chi connectivity index (χ1) is 13.6. The van der Waals surface area contributed by atoms with E-state index in [-0.39, 0.29) is 32.2 Å². The summed E-state index contributed by atoms with van der Waals surface area (Å²) in [6.45, 7) is 0.305. The van der Waals surface area contributed by atoms with E-state index in [4.69, 9.17) is 9.47 Å².